The fourth-order valence-electron chi connectivity index (χ4n) is 1.74. The number of rotatable bonds is 5. The zero-order valence-electron chi connectivity index (χ0n) is 9.90. The van der Waals surface area contributed by atoms with E-state index in [0.717, 1.165) is 6.42 Å². The van der Waals surface area contributed by atoms with Gasteiger partial charge in [-0.1, -0.05) is 42.5 Å². The van der Waals surface area contributed by atoms with Crippen LogP contribution in [0.3, 0.4) is 0 Å². The first-order chi connectivity index (χ1) is 8.81. The number of hydrogen-bond acceptors (Lipinski definition) is 1. The van der Waals surface area contributed by atoms with Gasteiger partial charge in [-0.2, -0.15) is 0 Å². The molecule has 18 heavy (non-hydrogen) atoms. The van der Waals surface area contributed by atoms with Gasteiger partial charge in [0.1, 0.15) is 0 Å². The second-order valence-electron chi connectivity index (χ2n) is 3.95. The van der Waals surface area contributed by atoms with E-state index in [4.69, 9.17) is 16.3 Å². The lowest BCUT2D eigenvalue weighted by Crippen LogP contribution is -2.04. The molecule has 0 N–H and O–H groups in total. The molecule has 2 aromatic carbocycles. The van der Waals surface area contributed by atoms with E-state index >= 15 is 0 Å². The minimum Gasteiger partial charge on any atom is -0.490 e. The lowest BCUT2D eigenvalue weighted by atomic mass is 10.2. The summed E-state index contributed by atoms with van der Waals surface area (Å²) in [6.45, 7) is 0.439. The minimum absolute atomic E-state index is 0.248. The molecule has 0 fully saturated rings. The predicted molar refractivity (Wildman–Crippen MR) is 71.6 cm³/mol. The summed E-state index contributed by atoms with van der Waals surface area (Å²) >= 11 is 5.75. The first-order valence-corrected chi connectivity index (χ1v) is 6.35. The first-order valence-electron chi connectivity index (χ1n) is 5.81. The van der Waals surface area contributed by atoms with Crippen LogP contribution >= 0.6 is 11.6 Å². The van der Waals surface area contributed by atoms with E-state index in [2.05, 4.69) is 0 Å². The summed E-state index contributed by atoms with van der Waals surface area (Å²) in [6, 6.07) is 14.7. The van der Waals surface area contributed by atoms with Crippen LogP contribution in [0.1, 0.15) is 11.1 Å². The van der Waals surface area contributed by atoms with E-state index in [1.165, 1.54) is 11.6 Å². The molecule has 0 saturated carbocycles. The van der Waals surface area contributed by atoms with Gasteiger partial charge in [0, 0.05) is 12.0 Å². The maximum absolute atomic E-state index is 13.6. The molecule has 0 amide bonds. The van der Waals surface area contributed by atoms with Gasteiger partial charge in [0.05, 0.1) is 12.5 Å². The fraction of sp³-hybridized carbons (Fsp3) is 0.200. The molecule has 0 heterocycles. The van der Waals surface area contributed by atoms with Gasteiger partial charge in [0.25, 0.3) is 0 Å². The molecule has 0 spiro atoms. The van der Waals surface area contributed by atoms with Crippen LogP contribution in [-0.4, -0.2) is 6.61 Å². The van der Waals surface area contributed by atoms with Crippen LogP contribution in [0.15, 0.2) is 48.5 Å². The van der Waals surface area contributed by atoms with Crippen LogP contribution in [0.2, 0.25) is 0 Å². The Labute approximate surface area is 111 Å². The Morgan fingerprint density at radius 3 is 2.50 bits per heavy atom. The SMILES string of the molecule is Fc1cccc(CCl)c1OCCc1ccccc1. The van der Waals surface area contributed by atoms with Crippen LogP contribution in [-0.2, 0) is 12.3 Å². The smallest absolute Gasteiger partial charge is 0.165 e. The third-order valence-corrected chi connectivity index (χ3v) is 2.96. The molecule has 0 atom stereocenters. The fourth-order valence-corrected chi connectivity index (χ4v) is 1.95. The molecule has 2 aromatic rings. The van der Waals surface area contributed by atoms with Crippen molar-refractivity contribution in [2.45, 2.75) is 12.3 Å². The minimum atomic E-state index is -0.360. The zero-order chi connectivity index (χ0) is 12.8. The van der Waals surface area contributed by atoms with E-state index in [-0.39, 0.29) is 17.4 Å². The van der Waals surface area contributed by atoms with Crippen molar-refractivity contribution >= 4 is 11.6 Å². The monoisotopic (exact) mass is 264 g/mol. The van der Waals surface area contributed by atoms with Crippen molar-refractivity contribution in [2.24, 2.45) is 0 Å². The van der Waals surface area contributed by atoms with Crippen molar-refractivity contribution in [1.82, 2.24) is 0 Å². The molecular formula is C15H14ClFO. The molecule has 0 aliphatic rings. The molecule has 2 rings (SSSR count). The summed E-state index contributed by atoms with van der Waals surface area (Å²) in [5, 5.41) is 0. The molecule has 0 aliphatic carbocycles. The third-order valence-electron chi connectivity index (χ3n) is 2.67. The summed E-state index contributed by atoms with van der Waals surface area (Å²) in [6.07, 6.45) is 0.747. The quantitative estimate of drug-likeness (QED) is 0.736. The molecule has 0 bridgehead atoms. The van der Waals surface area contributed by atoms with Gasteiger partial charge in [-0.25, -0.2) is 4.39 Å². The van der Waals surface area contributed by atoms with E-state index < -0.39 is 0 Å². The van der Waals surface area contributed by atoms with Crippen molar-refractivity contribution in [3.8, 4) is 5.75 Å². The van der Waals surface area contributed by atoms with E-state index in [0.29, 0.717) is 12.2 Å². The van der Waals surface area contributed by atoms with Gasteiger partial charge in [-0.15, -0.1) is 11.6 Å². The molecule has 0 saturated heterocycles. The third kappa shape index (κ3) is 3.23. The highest BCUT2D eigenvalue weighted by molar-refractivity contribution is 6.17. The molecule has 94 valence electrons. The van der Waals surface area contributed by atoms with Crippen LogP contribution in [0.25, 0.3) is 0 Å². The van der Waals surface area contributed by atoms with E-state index in [1.807, 2.05) is 30.3 Å². The van der Waals surface area contributed by atoms with Gasteiger partial charge in [0.2, 0.25) is 0 Å². The van der Waals surface area contributed by atoms with Gasteiger partial charge < -0.3 is 4.74 Å². The number of alkyl halides is 1. The van der Waals surface area contributed by atoms with E-state index in [1.54, 1.807) is 12.1 Å². The normalized spacial score (nSPS) is 10.3. The number of ether oxygens (including phenoxy) is 1. The Bertz CT molecular complexity index is 499. The molecule has 0 aliphatic heterocycles. The van der Waals surface area contributed by atoms with Crippen molar-refractivity contribution in [3.05, 3.63) is 65.5 Å². The van der Waals surface area contributed by atoms with Crippen LogP contribution in [0.4, 0.5) is 4.39 Å². The zero-order valence-corrected chi connectivity index (χ0v) is 10.7. The highest BCUT2D eigenvalue weighted by Gasteiger charge is 2.08. The Kier molecular flexibility index (Phi) is 4.59. The Hall–Kier alpha value is -1.54. The number of benzene rings is 2. The van der Waals surface area contributed by atoms with Crippen LogP contribution in [0, 0.1) is 5.82 Å². The van der Waals surface area contributed by atoms with Crippen molar-refractivity contribution in [3.63, 3.8) is 0 Å². The van der Waals surface area contributed by atoms with E-state index in [9.17, 15) is 4.39 Å². The highest BCUT2D eigenvalue weighted by atomic mass is 35.5. The Balaban J connectivity index is 1.98. The van der Waals surface area contributed by atoms with Gasteiger partial charge in [0.15, 0.2) is 11.6 Å². The summed E-state index contributed by atoms with van der Waals surface area (Å²) < 4.78 is 19.1. The van der Waals surface area contributed by atoms with Crippen molar-refractivity contribution < 1.29 is 9.13 Å². The number of para-hydroxylation sites is 1. The van der Waals surface area contributed by atoms with Crippen molar-refractivity contribution in [1.29, 1.82) is 0 Å². The number of hydrogen-bond donors (Lipinski definition) is 0. The molecule has 3 heteroatoms. The lowest BCUT2D eigenvalue weighted by molar-refractivity contribution is 0.303. The number of halogens is 2. The average molecular weight is 265 g/mol. The maximum atomic E-state index is 13.6. The first kappa shape index (κ1) is 12.9. The maximum Gasteiger partial charge on any atom is 0.165 e. The lowest BCUT2D eigenvalue weighted by Gasteiger charge is -2.10. The van der Waals surface area contributed by atoms with Crippen LogP contribution in [0.5, 0.6) is 5.75 Å². The molecule has 0 aromatic heterocycles. The summed E-state index contributed by atoms with van der Waals surface area (Å²) in [5.74, 6) is 0.156. The summed E-state index contributed by atoms with van der Waals surface area (Å²) in [5.41, 5.74) is 1.85. The van der Waals surface area contributed by atoms with Crippen LogP contribution < -0.4 is 4.74 Å². The van der Waals surface area contributed by atoms with Crippen molar-refractivity contribution in [2.75, 3.05) is 6.61 Å². The highest BCUT2D eigenvalue weighted by Crippen LogP contribution is 2.24. The standard InChI is InChI=1S/C15H14ClFO/c16-11-13-7-4-8-14(17)15(13)18-10-9-12-5-2-1-3-6-12/h1-8H,9-11H2. The van der Waals surface area contributed by atoms with Gasteiger partial charge >= 0.3 is 0 Å². The largest absolute Gasteiger partial charge is 0.490 e. The topological polar surface area (TPSA) is 9.23 Å². The molecule has 0 radical (unpaired) electrons. The Morgan fingerprint density at radius 1 is 1.00 bits per heavy atom. The average Bonchev–Trinajstić information content (AvgIpc) is 2.41. The summed E-state index contributed by atoms with van der Waals surface area (Å²) in [4.78, 5) is 0. The van der Waals surface area contributed by atoms with Gasteiger partial charge in [-0.05, 0) is 11.6 Å². The molecule has 1 nitrogen and oxygen atoms in total. The molecule has 0 unspecified atom stereocenters. The second-order valence-corrected chi connectivity index (χ2v) is 4.21. The Morgan fingerprint density at radius 2 is 1.78 bits per heavy atom. The second kappa shape index (κ2) is 6.41. The molecular weight excluding hydrogens is 251 g/mol. The predicted octanol–water partition coefficient (Wildman–Crippen LogP) is 4.19. The summed E-state index contributed by atoms with van der Waals surface area (Å²) in [7, 11) is 0. The van der Waals surface area contributed by atoms with Gasteiger partial charge in [-0.3, -0.25) is 0 Å².